The Hall–Kier alpha value is -1.68. The number of fused-ring (bicyclic) bond motifs is 1. The van der Waals surface area contributed by atoms with Gasteiger partial charge in [0.25, 0.3) is 0 Å². The predicted molar refractivity (Wildman–Crippen MR) is 80.1 cm³/mol. The van der Waals surface area contributed by atoms with Crippen LogP contribution in [0, 0.1) is 5.82 Å². The lowest BCUT2D eigenvalue weighted by atomic mass is 10.0. The smallest absolute Gasteiger partial charge is 0.227 e. The van der Waals surface area contributed by atoms with Crippen LogP contribution in [0.2, 0.25) is 0 Å². The van der Waals surface area contributed by atoms with Gasteiger partial charge in [-0.3, -0.25) is 4.79 Å². The van der Waals surface area contributed by atoms with Crippen molar-refractivity contribution in [3.05, 3.63) is 63.9 Å². The van der Waals surface area contributed by atoms with E-state index in [9.17, 15) is 9.18 Å². The minimum absolute atomic E-state index is 0.0832. The monoisotopic (exact) mass is 333 g/mol. The number of amides is 1. The Labute approximate surface area is 125 Å². The number of carbonyl (C=O) groups is 1. The van der Waals surface area contributed by atoms with E-state index in [2.05, 4.69) is 15.9 Å². The van der Waals surface area contributed by atoms with E-state index in [4.69, 9.17) is 0 Å². The summed E-state index contributed by atoms with van der Waals surface area (Å²) in [4.78, 5) is 13.9. The molecule has 0 atom stereocenters. The molecule has 1 heterocycles. The second-order valence-corrected chi connectivity index (χ2v) is 5.70. The molecule has 4 heteroatoms. The van der Waals surface area contributed by atoms with Crippen molar-refractivity contribution in [1.82, 2.24) is 0 Å². The van der Waals surface area contributed by atoms with Crippen LogP contribution in [0.3, 0.4) is 0 Å². The SMILES string of the molecule is O=C1CCc2cc(F)ccc2N1Cc1ccccc1Br. The van der Waals surface area contributed by atoms with Gasteiger partial charge < -0.3 is 4.90 Å². The topological polar surface area (TPSA) is 20.3 Å². The highest BCUT2D eigenvalue weighted by molar-refractivity contribution is 9.10. The zero-order valence-corrected chi connectivity index (χ0v) is 12.4. The molecule has 1 amide bonds. The van der Waals surface area contributed by atoms with Gasteiger partial charge in [0.15, 0.2) is 0 Å². The van der Waals surface area contributed by atoms with Crippen LogP contribution in [-0.2, 0) is 17.8 Å². The van der Waals surface area contributed by atoms with E-state index >= 15 is 0 Å². The molecule has 2 aromatic carbocycles. The van der Waals surface area contributed by atoms with Crippen LogP contribution in [-0.4, -0.2) is 5.91 Å². The summed E-state index contributed by atoms with van der Waals surface area (Å²) in [5, 5.41) is 0. The van der Waals surface area contributed by atoms with E-state index < -0.39 is 0 Å². The number of nitrogens with zero attached hydrogens (tertiary/aromatic N) is 1. The number of aryl methyl sites for hydroxylation is 1. The van der Waals surface area contributed by atoms with Crippen LogP contribution in [0.4, 0.5) is 10.1 Å². The van der Waals surface area contributed by atoms with Crippen LogP contribution in [0.25, 0.3) is 0 Å². The summed E-state index contributed by atoms with van der Waals surface area (Å²) in [5.74, 6) is -0.168. The van der Waals surface area contributed by atoms with Gasteiger partial charge in [-0.15, -0.1) is 0 Å². The summed E-state index contributed by atoms with van der Waals surface area (Å²) in [7, 11) is 0. The van der Waals surface area contributed by atoms with Gasteiger partial charge in [-0.05, 0) is 41.8 Å². The fourth-order valence-corrected chi connectivity index (χ4v) is 2.91. The Morgan fingerprint density at radius 1 is 1.15 bits per heavy atom. The van der Waals surface area contributed by atoms with Crippen LogP contribution in [0.1, 0.15) is 17.5 Å². The summed E-state index contributed by atoms with van der Waals surface area (Å²) in [6.07, 6.45) is 1.04. The van der Waals surface area contributed by atoms with Gasteiger partial charge in [-0.2, -0.15) is 0 Å². The molecular weight excluding hydrogens is 321 g/mol. The van der Waals surface area contributed by atoms with E-state index in [1.165, 1.54) is 12.1 Å². The Kier molecular flexibility index (Phi) is 3.57. The molecule has 0 fully saturated rings. The van der Waals surface area contributed by atoms with Gasteiger partial charge in [0, 0.05) is 16.6 Å². The molecule has 0 aromatic heterocycles. The highest BCUT2D eigenvalue weighted by Gasteiger charge is 2.24. The second kappa shape index (κ2) is 5.37. The summed E-state index contributed by atoms with van der Waals surface area (Å²) >= 11 is 3.50. The van der Waals surface area contributed by atoms with Gasteiger partial charge in [0.2, 0.25) is 5.91 Å². The first-order valence-corrected chi connectivity index (χ1v) is 7.26. The number of hydrogen-bond donors (Lipinski definition) is 0. The average molecular weight is 334 g/mol. The van der Waals surface area contributed by atoms with Gasteiger partial charge in [-0.25, -0.2) is 4.39 Å². The lowest BCUT2D eigenvalue weighted by Gasteiger charge is -2.29. The number of carbonyl (C=O) groups excluding carboxylic acids is 1. The predicted octanol–water partition coefficient (Wildman–Crippen LogP) is 4.07. The summed E-state index contributed by atoms with van der Waals surface area (Å²) in [6, 6.07) is 12.4. The first-order valence-electron chi connectivity index (χ1n) is 6.47. The molecule has 2 nitrogen and oxygen atoms in total. The Bertz CT molecular complexity index is 671. The summed E-state index contributed by atoms with van der Waals surface area (Å²) < 4.78 is 14.3. The molecule has 0 saturated heterocycles. The molecule has 1 aliphatic heterocycles. The van der Waals surface area contributed by atoms with Gasteiger partial charge >= 0.3 is 0 Å². The molecule has 3 rings (SSSR count). The number of benzene rings is 2. The zero-order valence-electron chi connectivity index (χ0n) is 10.8. The molecule has 0 unspecified atom stereocenters. The second-order valence-electron chi connectivity index (χ2n) is 4.84. The molecule has 2 aromatic rings. The third-order valence-corrected chi connectivity index (χ3v) is 4.30. The van der Waals surface area contributed by atoms with Crippen molar-refractivity contribution in [2.75, 3.05) is 4.90 Å². The fraction of sp³-hybridized carbons (Fsp3) is 0.188. The number of anilines is 1. The van der Waals surface area contributed by atoms with Crippen LogP contribution in [0.15, 0.2) is 46.9 Å². The first-order chi connectivity index (χ1) is 9.65. The van der Waals surface area contributed by atoms with Gasteiger partial charge in [0.1, 0.15) is 5.82 Å². The first kappa shape index (κ1) is 13.3. The van der Waals surface area contributed by atoms with E-state index in [1.807, 2.05) is 24.3 Å². The standard InChI is InChI=1S/C16H13BrFNO/c17-14-4-2-1-3-12(14)10-19-15-7-6-13(18)9-11(15)5-8-16(19)20/h1-4,6-7,9H,5,8,10H2. The maximum Gasteiger partial charge on any atom is 0.227 e. The van der Waals surface area contributed by atoms with E-state index in [0.29, 0.717) is 19.4 Å². The minimum atomic E-state index is -0.251. The average Bonchev–Trinajstić information content (AvgIpc) is 2.44. The zero-order chi connectivity index (χ0) is 14.1. The number of halogens is 2. The van der Waals surface area contributed by atoms with Crippen molar-refractivity contribution in [2.24, 2.45) is 0 Å². The molecular formula is C16H13BrFNO. The van der Waals surface area contributed by atoms with Crippen LogP contribution < -0.4 is 4.90 Å². The molecule has 1 aliphatic rings. The Balaban J connectivity index is 1.97. The van der Waals surface area contributed by atoms with Gasteiger partial charge in [0.05, 0.1) is 6.54 Å². The maximum atomic E-state index is 13.3. The van der Waals surface area contributed by atoms with E-state index in [0.717, 1.165) is 21.3 Å². The molecule has 0 saturated carbocycles. The van der Waals surface area contributed by atoms with E-state index in [-0.39, 0.29) is 11.7 Å². The molecule has 0 N–H and O–H groups in total. The molecule has 102 valence electrons. The lowest BCUT2D eigenvalue weighted by Crippen LogP contribution is -2.34. The van der Waals surface area contributed by atoms with Crippen molar-refractivity contribution in [3.63, 3.8) is 0 Å². The van der Waals surface area contributed by atoms with Crippen molar-refractivity contribution in [2.45, 2.75) is 19.4 Å². The van der Waals surface area contributed by atoms with Crippen molar-refractivity contribution >= 4 is 27.5 Å². The quantitative estimate of drug-likeness (QED) is 0.811. The van der Waals surface area contributed by atoms with Gasteiger partial charge in [-0.1, -0.05) is 34.1 Å². The molecule has 0 bridgehead atoms. The van der Waals surface area contributed by atoms with Crippen LogP contribution in [0.5, 0.6) is 0 Å². The third kappa shape index (κ3) is 2.48. The molecule has 0 spiro atoms. The number of hydrogen-bond acceptors (Lipinski definition) is 1. The minimum Gasteiger partial charge on any atom is -0.308 e. The normalized spacial score (nSPS) is 14.3. The largest absolute Gasteiger partial charge is 0.308 e. The lowest BCUT2D eigenvalue weighted by molar-refractivity contribution is -0.119. The van der Waals surface area contributed by atoms with Crippen molar-refractivity contribution in [3.8, 4) is 0 Å². The molecule has 0 radical (unpaired) electrons. The van der Waals surface area contributed by atoms with E-state index in [1.54, 1.807) is 11.0 Å². The molecule has 20 heavy (non-hydrogen) atoms. The Morgan fingerprint density at radius 2 is 1.95 bits per heavy atom. The third-order valence-electron chi connectivity index (χ3n) is 3.53. The highest BCUT2D eigenvalue weighted by Crippen LogP contribution is 2.31. The summed E-state index contributed by atoms with van der Waals surface area (Å²) in [6.45, 7) is 0.499. The van der Waals surface area contributed by atoms with Crippen molar-refractivity contribution in [1.29, 1.82) is 0 Å². The maximum absolute atomic E-state index is 13.3. The molecule has 0 aliphatic carbocycles. The summed E-state index contributed by atoms with van der Waals surface area (Å²) in [5.41, 5.74) is 2.76. The van der Waals surface area contributed by atoms with Crippen LogP contribution >= 0.6 is 15.9 Å². The fourth-order valence-electron chi connectivity index (χ4n) is 2.50. The van der Waals surface area contributed by atoms with Crippen molar-refractivity contribution < 1.29 is 9.18 Å². The Morgan fingerprint density at radius 3 is 2.75 bits per heavy atom. The number of rotatable bonds is 2. The highest BCUT2D eigenvalue weighted by atomic mass is 79.9.